The largest absolute Gasteiger partial charge is 0.463 e. The minimum absolute atomic E-state index is 0.356. The van der Waals surface area contributed by atoms with E-state index < -0.39 is 5.97 Å². The molecule has 0 radical (unpaired) electrons. The highest BCUT2D eigenvalue weighted by Crippen LogP contribution is 2.12. The van der Waals surface area contributed by atoms with Gasteiger partial charge in [0.2, 0.25) is 0 Å². The van der Waals surface area contributed by atoms with Gasteiger partial charge in [0.1, 0.15) is 11.5 Å². The molecule has 1 aromatic heterocycles. The Balaban J connectivity index is 2.60. The number of hydrogen-bond donors (Lipinski definition) is 0. The third kappa shape index (κ3) is 4.13. The molecule has 1 heterocycles. The maximum atomic E-state index is 11.1. The first-order valence-corrected chi connectivity index (χ1v) is 5.07. The van der Waals surface area contributed by atoms with Crippen LogP contribution in [0.5, 0.6) is 5.75 Å². The van der Waals surface area contributed by atoms with Gasteiger partial charge in [0.05, 0.1) is 18.9 Å². The zero-order chi connectivity index (χ0) is 12.0. The fourth-order valence-corrected chi connectivity index (χ4v) is 1.08. The molecule has 4 nitrogen and oxygen atoms in total. The summed E-state index contributed by atoms with van der Waals surface area (Å²) < 4.78 is 10.1. The van der Waals surface area contributed by atoms with Crippen LogP contribution >= 0.6 is 0 Å². The van der Waals surface area contributed by atoms with Gasteiger partial charge >= 0.3 is 5.97 Å². The Morgan fingerprint density at radius 2 is 2.25 bits per heavy atom. The van der Waals surface area contributed by atoms with Gasteiger partial charge < -0.3 is 9.47 Å². The van der Waals surface area contributed by atoms with Crippen LogP contribution in [0.4, 0.5) is 0 Å². The van der Waals surface area contributed by atoms with Crippen molar-refractivity contribution < 1.29 is 14.3 Å². The third-order valence-electron chi connectivity index (χ3n) is 1.77. The molecule has 0 atom stereocenters. The second-order valence-electron chi connectivity index (χ2n) is 3.24. The highest BCUT2D eigenvalue weighted by Gasteiger charge is 2.00. The smallest absolute Gasteiger partial charge is 0.334 e. The van der Waals surface area contributed by atoms with Crippen LogP contribution in [-0.2, 0) is 9.53 Å². The second kappa shape index (κ2) is 5.90. The quantitative estimate of drug-likeness (QED) is 0.444. The molecule has 0 saturated carbocycles. The van der Waals surface area contributed by atoms with Crippen molar-refractivity contribution in [3.8, 4) is 5.75 Å². The van der Waals surface area contributed by atoms with Crippen molar-refractivity contribution in [1.29, 1.82) is 0 Å². The summed E-state index contributed by atoms with van der Waals surface area (Å²) in [5, 5.41) is 0. The van der Waals surface area contributed by atoms with Crippen LogP contribution in [0.3, 0.4) is 0 Å². The predicted octanol–water partition coefficient (Wildman–Crippen LogP) is 2.24. The van der Waals surface area contributed by atoms with Crippen molar-refractivity contribution in [3.63, 3.8) is 0 Å². The topological polar surface area (TPSA) is 48.4 Å². The number of rotatable bonds is 4. The molecular formula is C12H15NO3. The fourth-order valence-electron chi connectivity index (χ4n) is 1.08. The Kier molecular flexibility index (Phi) is 4.51. The summed E-state index contributed by atoms with van der Waals surface area (Å²) in [6, 6.07) is 3.64. The molecule has 1 rings (SSSR count). The Labute approximate surface area is 94.9 Å². The van der Waals surface area contributed by atoms with Crippen LogP contribution in [-0.4, -0.2) is 17.6 Å². The van der Waals surface area contributed by atoms with Gasteiger partial charge in [0.25, 0.3) is 0 Å². The van der Waals surface area contributed by atoms with Crippen LogP contribution in [0.1, 0.15) is 19.5 Å². The molecule has 1 aromatic rings. The van der Waals surface area contributed by atoms with Crippen molar-refractivity contribution in [1.82, 2.24) is 4.98 Å². The van der Waals surface area contributed by atoms with E-state index in [0.717, 1.165) is 5.69 Å². The maximum absolute atomic E-state index is 11.1. The van der Waals surface area contributed by atoms with Crippen LogP contribution in [0, 0.1) is 6.92 Å². The lowest BCUT2D eigenvalue weighted by Gasteiger charge is -2.05. The van der Waals surface area contributed by atoms with Gasteiger partial charge in [-0.3, -0.25) is 4.98 Å². The molecule has 16 heavy (non-hydrogen) atoms. The Morgan fingerprint density at radius 1 is 1.50 bits per heavy atom. The van der Waals surface area contributed by atoms with E-state index in [4.69, 9.17) is 9.47 Å². The number of allylic oxidation sites excluding steroid dienone is 1. The molecule has 0 saturated heterocycles. The lowest BCUT2D eigenvalue weighted by atomic mass is 10.4. The van der Waals surface area contributed by atoms with Crippen molar-refractivity contribution in [2.24, 2.45) is 0 Å². The van der Waals surface area contributed by atoms with Crippen LogP contribution < -0.4 is 4.74 Å². The van der Waals surface area contributed by atoms with E-state index in [-0.39, 0.29) is 0 Å². The van der Waals surface area contributed by atoms with Gasteiger partial charge in [-0.05, 0) is 32.9 Å². The van der Waals surface area contributed by atoms with Crippen LogP contribution in [0.25, 0.3) is 0 Å². The number of carbonyl (C=O) groups is 1. The summed E-state index contributed by atoms with van der Waals surface area (Å²) in [5.41, 5.74) is 0.916. The highest BCUT2D eigenvalue weighted by atomic mass is 16.5. The molecule has 0 bridgehead atoms. The second-order valence-corrected chi connectivity index (χ2v) is 3.24. The Hall–Kier alpha value is -1.84. The molecule has 0 aliphatic heterocycles. The number of nitrogens with zero attached hydrogens (tertiary/aromatic N) is 1. The van der Waals surface area contributed by atoms with E-state index in [0.29, 0.717) is 18.1 Å². The van der Waals surface area contributed by atoms with Crippen molar-refractivity contribution in [2.75, 3.05) is 6.61 Å². The molecule has 0 fully saturated rings. The van der Waals surface area contributed by atoms with E-state index in [9.17, 15) is 4.79 Å². The van der Waals surface area contributed by atoms with Crippen molar-refractivity contribution in [3.05, 3.63) is 35.9 Å². The SMILES string of the molecule is CCOC(=O)/C=C(\C)Oc1ccc(C)nc1. The Morgan fingerprint density at radius 3 is 2.81 bits per heavy atom. The number of esters is 1. The van der Waals surface area contributed by atoms with Crippen LogP contribution in [0.15, 0.2) is 30.2 Å². The molecule has 0 aliphatic carbocycles. The number of aryl methyl sites for hydroxylation is 1. The van der Waals surface area contributed by atoms with Gasteiger partial charge in [-0.1, -0.05) is 0 Å². The molecular weight excluding hydrogens is 206 g/mol. The molecule has 0 spiro atoms. The number of hydrogen-bond acceptors (Lipinski definition) is 4. The number of ether oxygens (including phenoxy) is 2. The number of aromatic nitrogens is 1. The zero-order valence-electron chi connectivity index (χ0n) is 9.69. The van der Waals surface area contributed by atoms with Gasteiger partial charge in [-0.15, -0.1) is 0 Å². The molecule has 86 valence electrons. The van der Waals surface area contributed by atoms with Crippen molar-refractivity contribution in [2.45, 2.75) is 20.8 Å². The molecule has 4 heteroatoms. The average molecular weight is 221 g/mol. The molecule has 0 aromatic carbocycles. The van der Waals surface area contributed by atoms with E-state index in [2.05, 4.69) is 4.98 Å². The van der Waals surface area contributed by atoms with E-state index >= 15 is 0 Å². The summed E-state index contributed by atoms with van der Waals surface area (Å²) in [5.74, 6) is 0.674. The first-order chi connectivity index (χ1) is 7.61. The number of carbonyl (C=O) groups excluding carboxylic acids is 1. The highest BCUT2D eigenvalue weighted by molar-refractivity contribution is 5.82. The van der Waals surface area contributed by atoms with E-state index in [1.165, 1.54) is 6.08 Å². The summed E-state index contributed by atoms with van der Waals surface area (Å²) in [6.07, 6.45) is 2.92. The van der Waals surface area contributed by atoms with Crippen molar-refractivity contribution >= 4 is 5.97 Å². The minimum atomic E-state index is -0.403. The first kappa shape index (κ1) is 12.2. The zero-order valence-corrected chi connectivity index (χ0v) is 9.69. The summed E-state index contributed by atoms with van der Waals surface area (Å²) in [4.78, 5) is 15.2. The molecule has 0 N–H and O–H groups in total. The standard InChI is InChI=1S/C12H15NO3/c1-4-15-12(14)7-10(3)16-11-6-5-9(2)13-8-11/h5-8H,4H2,1-3H3/b10-7+. The number of pyridine rings is 1. The monoisotopic (exact) mass is 221 g/mol. The first-order valence-electron chi connectivity index (χ1n) is 5.07. The van der Waals surface area contributed by atoms with E-state index in [1.54, 1.807) is 26.1 Å². The predicted molar refractivity (Wildman–Crippen MR) is 60.0 cm³/mol. The van der Waals surface area contributed by atoms with Gasteiger partial charge in [0.15, 0.2) is 0 Å². The van der Waals surface area contributed by atoms with Gasteiger partial charge in [0, 0.05) is 5.69 Å². The summed E-state index contributed by atoms with van der Waals surface area (Å²) in [7, 11) is 0. The third-order valence-corrected chi connectivity index (χ3v) is 1.77. The van der Waals surface area contributed by atoms with Gasteiger partial charge in [-0.2, -0.15) is 0 Å². The lowest BCUT2D eigenvalue weighted by Crippen LogP contribution is -2.02. The molecule has 0 aliphatic rings. The Bertz CT molecular complexity index is 382. The van der Waals surface area contributed by atoms with E-state index in [1.807, 2.05) is 13.0 Å². The summed E-state index contributed by atoms with van der Waals surface area (Å²) in [6.45, 7) is 5.70. The fraction of sp³-hybridized carbons (Fsp3) is 0.333. The van der Waals surface area contributed by atoms with Gasteiger partial charge in [-0.25, -0.2) is 4.79 Å². The minimum Gasteiger partial charge on any atom is -0.463 e. The molecule has 0 unspecified atom stereocenters. The summed E-state index contributed by atoms with van der Waals surface area (Å²) >= 11 is 0. The normalized spacial score (nSPS) is 11.1. The van der Waals surface area contributed by atoms with Crippen LogP contribution in [0.2, 0.25) is 0 Å². The molecule has 0 amide bonds. The lowest BCUT2D eigenvalue weighted by molar-refractivity contribution is -0.137. The maximum Gasteiger partial charge on any atom is 0.334 e. The average Bonchev–Trinajstić information content (AvgIpc) is 2.21.